The Morgan fingerprint density at radius 1 is 1.29 bits per heavy atom. The summed E-state index contributed by atoms with van der Waals surface area (Å²) in [4.78, 5) is 6.68. The van der Waals surface area contributed by atoms with E-state index in [1.165, 1.54) is 12.1 Å². The highest BCUT2D eigenvalue weighted by atomic mass is 35.5. The average Bonchev–Trinajstić information content (AvgIpc) is 3.19. The molecule has 8 heteroatoms. The molecular formula is C16H19ClF2N4O. The van der Waals surface area contributed by atoms with Crippen molar-refractivity contribution in [1.82, 2.24) is 20.4 Å². The zero-order chi connectivity index (χ0) is 16.0. The molecule has 1 N–H and O–H groups in total. The molecule has 0 bridgehead atoms. The summed E-state index contributed by atoms with van der Waals surface area (Å²) in [6.07, 6.45) is 0.709. The van der Waals surface area contributed by atoms with Crippen LogP contribution in [0, 0.1) is 11.6 Å². The van der Waals surface area contributed by atoms with Gasteiger partial charge in [0.05, 0.1) is 6.04 Å². The minimum atomic E-state index is -0.423. The first-order valence-corrected chi connectivity index (χ1v) is 7.83. The van der Waals surface area contributed by atoms with Gasteiger partial charge in [0, 0.05) is 25.6 Å². The largest absolute Gasteiger partial charge is 0.339 e. The number of hydrogen-bond acceptors (Lipinski definition) is 5. The van der Waals surface area contributed by atoms with Crippen LogP contribution >= 0.6 is 12.4 Å². The van der Waals surface area contributed by atoms with Crippen molar-refractivity contribution >= 4 is 12.4 Å². The molecular weight excluding hydrogens is 338 g/mol. The summed E-state index contributed by atoms with van der Waals surface area (Å²) in [5.74, 6) is 0.270. The first-order chi connectivity index (χ1) is 11.1. The smallest absolute Gasteiger partial charge is 0.230 e. The van der Waals surface area contributed by atoms with Crippen LogP contribution in [0.15, 0.2) is 22.7 Å². The van der Waals surface area contributed by atoms with Gasteiger partial charge in [-0.2, -0.15) is 4.98 Å². The predicted octanol–water partition coefficient (Wildman–Crippen LogP) is 2.62. The molecule has 5 nitrogen and oxygen atoms in total. The molecule has 2 aliphatic rings. The summed E-state index contributed by atoms with van der Waals surface area (Å²) in [5.41, 5.74) is 0.395. The summed E-state index contributed by atoms with van der Waals surface area (Å²) in [7, 11) is 2.03. The van der Waals surface area contributed by atoms with E-state index in [4.69, 9.17) is 4.52 Å². The summed E-state index contributed by atoms with van der Waals surface area (Å²) >= 11 is 0. The topological polar surface area (TPSA) is 54.2 Å². The molecule has 1 saturated heterocycles. The van der Waals surface area contributed by atoms with Crippen molar-refractivity contribution in [3.8, 4) is 0 Å². The SMILES string of the molecule is CN1CCNCC1c1noc(C2CC2c2cc(F)ccc2F)n1.Cl. The summed E-state index contributed by atoms with van der Waals surface area (Å²) in [6, 6.07) is 3.65. The lowest BCUT2D eigenvalue weighted by atomic mass is 10.1. The maximum Gasteiger partial charge on any atom is 0.230 e. The zero-order valence-corrected chi connectivity index (χ0v) is 14.0. The summed E-state index contributed by atoms with van der Waals surface area (Å²) in [6.45, 7) is 2.65. The Kier molecular flexibility index (Phi) is 4.85. The predicted molar refractivity (Wildman–Crippen MR) is 86.2 cm³/mol. The standard InChI is InChI=1S/C16H18F2N4O.ClH/c1-22-5-4-19-8-14(22)15-20-16(23-21-15)12-7-10(12)11-6-9(17)2-3-13(11)18;/h2-3,6,10,12,14,19H,4-5,7-8H2,1H3;1H. The lowest BCUT2D eigenvalue weighted by molar-refractivity contribution is 0.190. The van der Waals surface area contributed by atoms with Gasteiger partial charge in [-0.05, 0) is 43.1 Å². The number of hydrogen-bond donors (Lipinski definition) is 1. The number of aromatic nitrogens is 2. The Hall–Kier alpha value is -1.57. The number of rotatable bonds is 3. The Morgan fingerprint density at radius 3 is 2.92 bits per heavy atom. The number of nitrogens with zero attached hydrogens (tertiary/aromatic N) is 3. The van der Waals surface area contributed by atoms with E-state index in [9.17, 15) is 8.78 Å². The van der Waals surface area contributed by atoms with Gasteiger partial charge in [0.25, 0.3) is 0 Å². The van der Waals surface area contributed by atoms with Gasteiger partial charge in [0.2, 0.25) is 5.89 Å². The lowest BCUT2D eigenvalue weighted by Crippen LogP contribution is -2.44. The Bertz CT molecular complexity index is 726. The number of benzene rings is 1. The fourth-order valence-corrected chi connectivity index (χ4v) is 3.24. The third-order valence-corrected chi connectivity index (χ3v) is 4.73. The van der Waals surface area contributed by atoms with Gasteiger partial charge in [-0.15, -0.1) is 12.4 Å². The molecule has 4 rings (SSSR count). The van der Waals surface area contributed by atoms with Crippen molar-refractivity contribution in [2.24, 2.45) is 0 Å². The summed E-state index contributed by atoms with van der Waals surface area (Å²) in [5, 5.41) is 7.40. The van der Waals surface area contributed by atoms with Crippen molar-refractivity contribution in [3.05, 3.63) is 47.1 Å². The fraction of sp³-hybridized carbons (Fsp3) is 0.500. The van der Waals surface area contributed by atoms with Crippen molar-refractivity contribution in [1.29, 1.82) is 0 Å². The van der Waals surface area contributed by atoms with E-state index in [0.717, 1.165) is 25.7 Å². The molecule has 3 unspecified atom stereocenters. The quantitative estimate of drug-likeness (QED) is 0.916. The molecule has 1 saturated carbocycles. The van der Waals surface area contributed by atoms with Gasteiger partial charge in [-0.25, -0.2) is 8.78 Å². The van der Waals surface area contributed by atoms with E-state index in [0.29, 0.717) is 23.7 Å². The number of halogens is 3. The van der Waals surface area contributed by atoms with Crippen LogP contribution in [-0.2, 0) is 0 Å². The second-order valence-corrected chi connectivity index (χ2v) is 6.31. The Morgan fingerprint density at radius 2 is 2.12 bits per heavy atom. The third kappa shape index (κ3) is 3.16. The first kappa shape index (κ1) is 17.3. The zero-order valence-electron chi connectivity index (χ0n) is 13.2. The van der Waals surface area contributed by atoms with Crippen molar-refractivity contribution in [2.45, 2.75) is 24.3 Å². The number of likely N-dealkylation sites (N-methyl/N-ethyl adjacent to an activating group) is 1. The molecule has 3 atom stereocenters. The normalized spacial score (nSPS) is 26.9. The summed E-state index contributed by atoms with van der Waals surface area (Å²) < 4.78 is 32.6. The van der Waals surface area contributed by atoms with E-state index < -0.39 is 5.82 Å². The number of nitrogens with one attached hydrogen (secondary N) is 1. The van der Waals surface area contributed by atoms with Crippen LogP contribution in [0.25, 0.3) is 0 Å². The first-order valence-electron chi connectivity index (χ1n) is 7.83. The Balaban J connectivity index is 0.00000169. The highest BCUT2D eigenvalue weighted by molar-refractivity contribution is 5.85. The van der Waals surface area contributed by atoms with Crippen LogP contribution in [0.5, 0.6) is 0 Å². The molecule has 0 amide bonds. The Labute approximate surface area is 144 Å². The molecule has 1 aliphatic carbocycles. The van der Waals surface area contributed by atoms with Crippen LogP contribution in [0.3, 0.4) is 0 Å². The average molecular weight is 357 g/mol. The molecule has 0 spiro atoms. The molecule has 1 aromatic heterocycles. The second kappa shape index (κ2) is 6.74. The highest BCUT2D eigenvalue weighted by Gasteiger charge is 2.45. The van der Waals surface area contributed by atoms with Crippen LogP contribution in [0.4, 0.5) is 8.78 Å². The maximum absolute atomic E-state index is 13.8. The van der Waals surface area contributed by atoms with E-state index in [1.807, 2.05) is 7.05 Å². The van der Waals surface area contributed by atoms with Gasteiger partial charge in [0.15, 0.2) is 5.82 Å². The fourth-order valence-electron chi connectivity index (χ4n) is 3.24. The minimum absolute atomic E-state index is 0. The number of piperazine rings is 1. The van der Waals surface area contributed by atoms with Gasteiger partial charge in [-0.1, -0.05) is 5.16 Å². The molecule has 2 heterocycles. The van der Waals surface area contributed by atoms with E-state index >= 15 is 0 Å². The molecule has 130 valence electrons. The van der Waals surface area contributed by atoms with Crippen LogP contribution in [0.2, 0.25) is 0 Å². The van der Waals surface area contributed by atoms with Gasteiger partial charge in [-0.3, -0.25) is 4.90 Å². The van der Waals surface area contributed by atoms with Crippen LogP contribution < -0.4 is 5.32 Å². The molecule has 2 fully saturated rings. The monoisotopic (exact) mass is 356 g/mol. The molecule has 24 heavy (non-hydrogen) atoms. The van der Waals surface area contributed by atoms with Crippen LogP contribution in [0.1, 0.15) is 41.6 Å². The molecule has 0 radical (unpaired) electrons. The van der Waals surface area contributed by atoms with Gasteiger partial charge in [0.1, 0.15) is 11.6 Å². The van der Waals surface area contributed by atoms with E-state index in [1.54, 1.807) is 0 Å². The van der Waals surface area contributed by atoms with Crippen LogP contribution in [-0.4, -0.2) is 41.7 Å². The van der Waals surface area contributed by atoms with Crippen molar-refractivity contribution in [2.75, 3.05) is 26.7 Å². The van der Waals surface area contributed by atoms with Crippen molar-refractivity contribution in [3.63, 3.8) is 0 Å². The van der Waals surface area contributed by atoms with Gasteiger partial charge < -0.3 is 9.84 Å². The lowest BCUT2D eigenvalue weighted by Gasteiger charge is -2.30. The minimum Gasteiger partial charge on any atom is -0.339 e. The molecule has 2 aromatic rings. The van der Waals surface area contributed by atoms with E-state index in [2.05, 4.69) is 20.4 Å². The van der Waals surface area contributed by atoms with Crippen molar-refractivity contribution < 1.29 is 13.3 Å². The molecule has 1 aliphatic heterocycles. The van der Waals surface area contributed by atoms with Gasteiger partial charge >= 0.3 is 0 Å². The highest BCUT2D eigenvalue weighted by Crippen LogP contribution is 2.54. The third-order valence-electron chi connectivity index (χ3n) is 4.73. The maximum atomic E-state index is 13.8. The molecule has 1 aromatic carbocycles. The van der Waals surface area contributed by atoms with E-state index in [-0.39, 0.29) is 36.1 Å². The second-order valence-electron chi connectivity index (χ2n) is 6.31.